The molecule has 1 saturated heterocycles. The van der Waals surface area contributed by atoms with E-state index in [1.54, 1.807) is 7.05 Å². The molecule has 7 heteroatoms. The van der Waals surface area contributed by atoms with Crippen LogP contribution in [-0.4, -0.2) is 40.6 Å². The van der Waals surface area contributed by atoms with Crippen molar-refractivity contribution in [3.8, 4) is 0 Å². The Labute approximate surface area is 205 Å². The minimum Gasteiger partial charge on any atom is -0.393 e. The summed E-state index contributed by atoms with van der Waals surface area (Å²) < 4.78 is 8.55. The van der Waals surface area contributed by atoms with Crippen molar-refractivity contribution < 1.29 is 9.84 Å². The second-order valence-corrected chi connectivity index (χ2v) is 10.0. The summed E-state index contributed by atoms with van der Waals surface area (Å²) in [7, 11) is 1.78. The number of aliphatic hydroxyl groups excluding tert-OH is 1. The van der Waals surface area contributed by atoms with Crippen molar-refractivity contribution >= 4 is 39.8 Å². The highest BCUT2D eigenvalue weighted by Crippen LogP contribution is 2.40. The van der Waals surface area contributed by atoms with Crippen LogP contribution in [0.3, 0.4) is 0 Å². The van der Waals surface area contributed by atoms with Gasteiger partial charge in [-0.25, -0.2) is 0 Å². The molecule has 5 nitrogen and oxygen atoms in total. The lowest BCUT2D eigenvalue weighted by Gasteiger charge is -2.34. The van der Waals surface area contributed by atoms with Gasteiger partial charge in [0.2, 0.25) is 0 Å². The fraction of sp³-hybridized carbons (Fsp3) is 0.423. The Morgan fingerprint density at radius 1 is 1.18 bits per heavy atom. The maximum absolute atomic E-state index is 10.6. The number of nitrogens with one attached hydrogen (secondary N) is 2. The van der Waals surface area contributed by atoms with Crippen LogP contribution in [-0.2, 0) is 11.2 Å². The van der Waals surface area contributed by atoms with E-state index in [1.807, 2.05) is 12.1 Å². The Balaban J connectivity index is 1.42. The van der Waals surface area contributed by atoms with Crippen molar-refractivity contribution in [1.82, 2.24) is 15.2 Å². The number of rotatable bonds is 6. The van der Waals surface area contributed by atoms with E-state index in [1.165, 1.54) is 29.5 Å². The Bertz CT molecular complexity index is 1140. The van der Waals surface area contributed by atoms with Crippen molar-refractivity contribution in [2.75, 3.05) is 13.6 Å². The van der Waals surface area contributed by atoms with Gasteiger partial charge >= 0.3 is 0 Å². The number of fused-ring (bicyclic) bond motifs is 1. The van der Waals surface area contributed by atoms with Gasteiger partial charge in [-0.05, 0) is 66.2 Å². The van der Waals surface area contributed by atoms with Gasteiger partial charge in [-0.1, -0.05) is 41.9 Å². The van der Waals surface area contributed by atoms with Crippen LogP contribution in [0.2, 0.25) is 5.02 Å². The van der Waals surface area contributed by atoms with Gasteiger partial charge in [-0.2, -0.15) is 0 Å². The summed E-state index contributed by atoms with van der Waals surface area (Å²) in [6.07, 6.45) is 5.85. The van der Waals surface area contributed by atoms with Crippen LogP contribution in [0.25, 0.3) is 10.9 Å². The van der Waals surface area contributed by atoms with E-state index in [0.717, 1.165) is 28.3 Å². The predicted molar refractivity (Wildman–Crippen MR) is 137 cm³/mol. The molecule has 1 aliphatic heterocycles. The molecule has 174 valence electrons. The SMILES string of the molecule is CNC(=S)NCC1CC(O)CC(n2cc(Cc3ccc(C4CC4)cc3)c3c(Cl)cccc32)O1. The fourth-order valence-electron chi connectivity index (χ4n) is 4.84. The van der Waals surface area contributed by atoms with Crippen molar-refractivity contribution in [3.63, 3.8) is 0 Å². The average Bonchev–Trinajstić information content (AvgIpc) is 3.60. The molecule has 1 saturated carbocycles. The summed E-state index contributed by atoms with van der Waals surface area (Å²) in [6.45, 7) is 0.549. The monoisotopic (exact) mass is 483 g/mol. The Kier molecular flexibility index (Phi) is 6.61. The molecule has 0 bridgehead atoms. The summed E-state index contributed by atoms with van der Waals surface area (Å²) in [5, 5.41) is 19.0. The number of benzene rings is 2. The molecule has 2 aliphatic rings. The van der Waals surface area contributed by atoms with E-state index >= 15 is 0 Å². The molecule has 3 atom stereocenters. The van der Waals surface area contributed by atoms with Gasteiger partial charge < -0.3 is 25.0 Å². The number of aliphatic hydroxyl groups is 1. The predicted octanol–water partition coefficient (Wildman–Crippen LogP) is 4.90. The van der Waals surface area contributed by atoms with Gasteiger partial charge in [0.05, 0.1) is 22.7 Å². The highest BCUT2D eigenvalue weighted by Gasteiger charge is 2.31. The van der Waals surface area contributed by atoms with E-state index in [2.05, 4.69) is 51.7 Å². The van der Waals surface area contributed by atoms with Gasteiger partial charge in [0.15, 0.2) is 5.11 Å². The molecule has 5 rings (SSSR count). The normalized spacial score (nSPS) is 22.9. The van der Waals surface area contributed by atoms with Gasteiger partial charge in [0.25, 0.3) is 0 Å². The molecule has 2 fully saturated rings. The van der Waals surface area contributed by atoms with Crippen molar-refractivity contribution in [1.29, 1.82) is 0 Å². The van der Waals surface area contributed by atoms with Crippen LogP contribution in [0.1, 0.15) is 54.5 Å². The smallest absolute Gasteiger partial charge is 0.166 e. The lowest BCUT2D eigenvalue weighted by atomic mass is 10.0. The quantitative estimate of drug-likeness (QED) is 0.435. The van der Waals surface area contributed by atoms with E-state index in [-0.39, 0.29) is 12.3 Å². The molecule has 1 aliphatic carbocycles. The fourth-order valence-corrected chi connectivity index (χ4v) is 5.21. The van der Waals surface area contributed by atoms with E-state index in [0.29, 0.717) is 24.5 Å². The third-order valence-electron chi connectivity index (χ3n) is 6.69. The molecule has 0 radical (unpaired) electrons. The highest BCUT2D eigenvalue weighted by atomic mass is 35.5. The summed E-state index contributed by atoms with van der Waals surface area (Å²) in [5.41, 5.74) is 4.92. The van der Waals surface area contributed by atoms with Gasteiger partial charge in [0.1, 0.15) is 6.23 Å². The third kappa shape index (κ3) is 5.04. The third-order valence-corrected chi connectivity index (χ3v) is 7.36. The molecule has 3 aromatic rings. The summed E-state index contributed by atoms with van der Waals surface area (Å²) in [6, 6.07) is 15.0. The molecule has 1 aromatic heterocycles. The molecule has 0 amide bonds. The van der Waals surface area contributed by atoms with Crippen LogP contribution < -0.4 is 10.6 Å². The number of ether oxygens (including phenoxy) is 1. The number of aromatic nitrogens is 1. The number of halogens is 1. The molecule has 33 heavy (non-hydrogen) atoms. The maximum Gasteiger partial charge on any atom is 0.166 e. The molecule has 3 N–H and O–H groups in total. The van der Waals surface area contributed by atoms with Crippen LogP contribution >= 0.6 is 23.8 Å². The summed E-state index contributed by atoms with van der Waals surface area (Å²) >= 11 is 11.9. The van der Waals surface area contributed by atoms with Crippen molar-refractivity contribution in [2.24, 2.45) is 0 Å². The standard InChI is InChI=1S/C26H30ClN3O2S/c1-28-26(33)29-14-21-12-20(31)13-24(32-21)30-15-19(25-22(27)3-2-4-23(25)30)11-16-5-7-17(8-6-16)18-9-10-18/h2-8,15,18,20-21,24,31H,9-14H2,1H3,(H2,28,29,33). The second kappa shape index (κ2) is 9.63. The molecule has 2 heterocycles. The largest absolute Gasteiger partial charge is 0.393 e. The van der Waals surface area contributed by atoms with Crippen LogP contribution in [0.5, 0.6) is 0 Å². The lowest BCUT2D eigenvalue weighted by Crippen LogP contribution is -2.43. The van der Waals surface area contributed by atoms with Crippen molar-refractivity contribution in [3.05, 3.63) is 70.4 Å². The first-order valence-corrected chi connectivity index (χ1v) is 12.5. The lowest BCUT2D eigenvalue weighted by molar-refractivity contribution is -0.124. The molecule has 0 spiro atoms. The topological polar surface area (TPSA) is 58.5 Å². The van der Waals surface area contributed by atoms with Crippen LogP contribution in [0.15, 0.2) is 48.7 Å². The zero-order valence-corrected chi connectivity index (χ0v) is 20.3. The first-order chi connectivity index (χ1) is 16.0. The minimum atomic E-state index is -0.436. The molecular formula is C26H30ClN3O2S. The Morgan fingerprint density at radius 2 is 1.97 bits per heavy atom. The highest BCUT2D eigenvalue weighted by molar-refractivity contribution is 7.80. The Morgan fingerprint density at radius 3 is 2.70 bits per heavy atom. The molecular weight excluding hydrogens is 454 g/mol. The number of thiocarbonyl (C=S) groups is 1. The van der Waals surface area contributed by atoms with Crippen LogP contribution in [0.4, 0.5) is 0 Å². The van der Waals surface area contributed by atoms with E-state index in [4.69, 9.17) is 28.6 Å². The number of hydrogen-bond donors (Lipinski definition) is 3. The number of hydrogen-bond acceptors (Lipinski definition) is 3. The van der Waals surface area contributed by atoms with Crippen LogP contribution in [0, 0.1) is 0 Å². The maximum atomic E-state index is 10.6. The molecule has 3 unspecified atom stereocenters. The van der Waals surface area contributed by atoms with E-state index in [9.17, 15) is 5.11 Å². The molecule has 2 aromatic carbocycles. The zero-order chi connectivity index (χ0) is 22.9. The summed E-state index contributed by atoms with van der Waals surface area (Å²) in [5.74, 6) is 0.759. The average molecular weight is 484 g/mol. The van der Waals surface area contributed by atoms with Gasteiger partial charge in [0, 0.05) is 38.0 Å². The minimum absolute atomic E-state index is 0.139. The number of nitrogens with zero attached hydrogens (tertiary/aromatic N) is 1. The second-order valence-electron chi connectivity index (χ2n) is 9.19. The van der Waals surface area contributed by atoms with E-state index < -0.39 is 6.10 Å². The van der Waals surface area contributed by atoms with Gasteiger partial charge in [-0.3, -0.25) is 0 Å². The summed E-state index contributed by atoms with van der Waals surface area (Å²) in [4.78, 5) is 0. The zero-order valence-electron chi connectivity index (χ0n) is 18.8. The first-order valence-electron chi connectivity index (χ1n) is 11.7. The first kappa shape index (κ1) is 22.7. The Hall–Kier alpha value is -2.12. The van der Waals surface area contributed by atoms with Crippen molar-refractivity contribution in [2.45, 2.75) is 56.5 Å². The van der Waals surface area contributed by atoms with Gasteiger partial charge in [-0.15, -0.1) is 0 Å².